The molecule has 3 N–H and O–H groups in total. The summed E-state index contributed by atoms with van der Waals surface area (Å²) in [6.45, 7) is 0. The molecule has 1 aliphatic rings. The Bertz CT molecular complexity index is 1740. The first-order valence-electron chi connectivity index (χ1n) is 12.2. The molecule has 0 radical (unpaired) electrons. The summed E-state index contributed by atoms with van der Waals surface area (Å²) >= 11 is 0. The number of hydrogen-bond acceptors (Lipinski definition) is 7. The van der Waals surface area contributed by atoms with Crippen LogP contribution in [0, 0.1) is 0 Å². The fourth-order valence-electron chi connectivity index (χ4n) is 5.20. The van der Waals surface area contributed by atoms with Crippen LogP contribution in [0.2, 0.25) is 0 Å². The number of benzene rings is 2. The van der Waals surface area contributed by atoms with Gasteiger partial charge in [0.2, 0.25) is 5.82 Å². The fraction of sp³-hybridized carbons (Fsp3) is 0.138. The van der Waals surface area contributed by atoms with E-state index >= 15 is 0 Å². The summed E-state index contributed by atoms with van der Waals surface area (Å²) < 4.78 is 1.90. The highest BCUT2D eigenvalue weighted by atomic mass is 16.3. The van der Waals surface area contributed by atoms with E-state index in [9.17, 15) is 5.11 Å². The summed E-state index contributed by atoms with van der Waals surface area (Å²) in [6.07, 6.45) is 6.14. The molecule has 37 heavy (non-hydrogen) atoms. The first-order chi connectivity index (χ1) is 18.1. The van der Waals surface area contributed by atoms with E-state index < -0.39 is 5.54 Å². The topological polar surface area (TPSA) is 115 Å². The van der Waals surface area contributed by atoms with Gasteiger partial charge in [0, 0.05) is 40.6 Å². The smallest absolute Gasteiger partial charge is 0.206 e. The maximum atomic E-state index is 9.77. The zero-order chi connectivity index (χ0) is 25.0. The first-order valence-corrected chi connectivity index (χ1v) is 12.2. The molecule has 6 aromatic rings. The average molecular weight is 486 g/mol. The van der Waals surface area contributed by atoms with Gasteiger partial charge in [-0.05, 0) is 42.2 Å². The van der Waals surface area contributed by atoms with E-state index in [1.807, 2.05) is 34.9 Å². The van der Waals surface area contributed by atoms with Crippen LogP contribution in [0.1, 0.15) is 18.4 Å². The Morgan fingerprint density at radius 3 is 2.35 bits per heavy atom. The summed E-state index contributed by atoms with van der Waals surface area (Å²) in [5, 5.41) is 19.5. The van der Waals surface area contributed by atoms with Gasteiger partial charge in [-0.3, -0.25) is 4.40 Å². The molecule has 180 valence electrons. The second-order valence-electron chi connectivity index (χ2n) is 9.58. The van der Waals surface area contributed by atoms with E-state index in [0.717, 1.165) is 38.9 Å². The molecule has 8 nitrogen and oxygen atoms in total. The molecule has 0 atom stereocenters. The number of pyridine rings is 2. The summed E-state index contributed by atoms with van der Waals surface area (Å²) in [4.78, 5) is 13.8. The Balaban J connectivity index is 1.40. The molecule has 8 heteroatoms. The number of nitrogens with zero attached hydrogens (tertiary/aromatic N) is 6. The lowest BCUT2D eigenvalue weighted by Crippen LogP contribution is -2.51. The zero-order valence-electron chi connectivity index (χ0n) is 19.9. The van der Waals surface area contributed by atoms with E-state index in [-0.39, 0.29) is 6.10 Å². The Labute approximate surface area is 212 Å². The maximum absolute atomic E-state index is 9.77. The van der Waals surface area contributed by atoms with Crippen LogP contribution in [-0.4, -0.2) is 40.8 Å². The van der Waals surface area contributed by atoms with Crippen LogP contribution in [0.3, 0.4) is 0 Å². The molecule has 1 saturated carbocycles. The summed E-state index contributed by atoms with van der Waals surface area (Å²) in [5.41, 5.74) is 12.5. The third-order valence-corrected chi connectivity index (χ3v) is 7.15. The highest BCUT2D eigenvalue weighted by Crippen LogP contribution is 2.40. The average Bonchev–Trinajstić information content (AvgIpc) is 3.37. The van der Waals surface area contributed by atoms with Gasteiger partial charge in [-0.2, -0.15) is 0 Å². The molecule has 7 rings (SSSR count). The van der Waals surface area contributed by atoms with Crippen LogP contribution in [0.5, 0.6) is 0 Å². The Morgan fingerprint density at radius 2 is 1.62 bits per heavy atom. The van der Waals surface area contributed by atoms with E-state index in [4.69, 9.17) is 10.7 Å². The van der Waals surface area contributed by atoms with Crippen LogP contribution in [-0.2, 0) is 5.54 Å². The number of aliphatic hydroxyl groups excluding tert-OH is 1. The molecular weight excluding hydrogens is 462 g/mol. The standard InChI is InChI=1S/C29H23N7O/c30-29(16-21(37)17-29)20-9-7-19(8-10-20)25-22(18-5-2-1-3-6-18)15-23-24(33-25)11-14-36-27(23)34-35-28(36)26-31-12-4-13-32-26/h1-15,21,37H,16-17,30H2/t21-,29+. The van der Waals surface area contributed by atoms with E-state index in [2.05, 4.69) is 62.6 Å². The van der Waals surface area contributed by atoms with E-state index in [1.165, 1.54) is 0 Å². The molecule has 1 aliphatic carbocycles. The van der Waals surface area contributed by atoms with Gasteiger partial charge in [0.25, 0.3) is 0 Å². The molecule has 4 heterocycles. The van der Waals surface area contributed by atoms with Gasteiger partial charge in [0.05, 0.1) is 17.3 Å². The summed E-state index contributed by atoms with van der Waals surface area (Å²) in [7, 11) is 0. The quantitative estimate of drug-likeness (QED) is 0.381. The van der Waals surface area contributed by atoms with Crippen molar-refractivity contribution in [3.8, 4) is 34.0 Å². The molecule has 0 aliphatic heterocycles. The molecule has 2 aromatic carbocycles. The van der Waals surface area contributed by atoms with Gasteiger partial charge in [-0.25, -0.2) is 15.0 Å². The predicted molar refractivity (Wildman–Crippen MR) is 141 cm³/mol. The molecule has 0 unspecified atom stereocenters. The van der Waals surface area contributed by atoms with Crippen molar-refractivity contribution in [1.82, 2.24) is 29.5 Å². The lowest BCUT2D eigenvalue weighted by Gasteiger charge is -2.42. The Hall–Kier alpha value is -4.53. The van der Waals surface area contributed by atoms with Crippen molar-refractivity contribution in [2.45, 2.75) is 24.5 Å². The van der Waals surface area contributed by atoms with Crippen LogP contribution < -0.4 is 5.73 Å². The number of fused-ring (bicyclic) bond motifs is 3. The SMILES string of the molecule is N[C@]1(c2ccc(-c3nc4ccn5c(-c6ncccn6)nnc5c4cc3-c3ccccc3)cc2)C[C@H](O)C1. The maximum Gasteiger partial charge on any atom is 0.206 e. The van der Waals surface area contributed by atoms with Gasteiger partial charge in [-0.15, -0.1) is 10.2 Å². The number of rotatable bonds is 4. The molecule has 0 spiro atoms. The molecule has 1 fully saturated rings. The van der Waals surface area contributed by atoms with Crippen molar-refractivity contribution in [3.63, 3.8) is 0 Å². The second kappa shape index (κ2) is 8.26. The second-order valence-corrected chi connectivity index (χ2v) is 9.58. The minimum absolute atomic E-state index is 0.320. The highest BCUT2D eigenvalue weighted by molar-refractivity contribution is 5.98. The van der Waals surface area contributed by atoms with Crippen molar-refractivity contribution in [2.24, 2.45) is 5.73 Å². The lowest BCUT2D eigenvalue weighted by atomic mass is 9.70. The minimum atomic E-state index is -0.462. The van der Waals surface area contributed by atoms with Gasteiger partial charge >= 0.3 is 0 Å². The third-order valence-electron chi connectivity index (χ3n) is 7.15. The number of nitrogens with two attached hydrogens (primary N) is 1. The van der Waals surface area contributed by atoms with Crippen molar-refractivity contribution in [1.29, 1.82) is 0 Å². The zero-order valence-corrected chi connectivity index (χ0v) is 19.9. The van der Waals surface area contributed by atoms with E-state index in [1.54, 1.807) is 18.5 Å². The van der Waals surface area contributed by atoms with Crippen LogP contribution >= 0.6 is 0 Å². The van der Waals surface area contributed by atoms with Crippen molar-refractivity contribution >= 4 is 16.6 Å². The number of aromatic nitrogens is 6. The molecule has 4 aromatic heterocycles. The van der Waals surface area contributed by atoms with Crippen molar-refractivity contribution in [3.05, 3.63) is 97.0 Å². The highest BCUT2D eigenvalue weighted by Gasteiger charge is 2.41. The predicted octanol–water partition coefficient (Wildman–Crippen LogP) is 4.38. The summed E-state index contributed by atoms with van der Waals surface area (Å²) in [5.74, 6) is 1.09. The lowest BCUT2D eigenvalue weighted by molar-refractivity contribution is 0.0209. The first kappa shape index (κ1) is 21.7. The largest absolute Gasteiger partial charge is 0.393 e. The van der Waals surface area contributed by atoms with Gasteiger partial charge in [0.1, 0.15) is 0 Å². The molecule has 0 saturated heterocycles. The van der Waals surface area contributed by atoms with Crippen LogP contribution in [0.4, 0.5) is 0 Å². The molecule has 0 amide bonds. The van der Waals surface area contributed by atoms with E-state index in [0.29, 0.717) is 30.1 Å². The summed E-state index contributed by atoms with van der Waals surface area (Å²) in [6, 6.07) is 24.3. The normalized spacial score (nSPS) is 19.2. The van der Waals surface area contributed by atoms with Gasteiger partial charge in [0.15, 0.2) is 11.5 Å². The Kier molecular flexibility index (Phi) is 4.85. The fourth-order valence-corrected chi connectivity index (χ4v) is 5.20. The van der Waals surface area contributed by atoms with Gasteiger partial charge in [-0.1, -0.05) is 54.6 Å². The number of aliphatic hydroxyl groups is 1. The van der Waals surface area contributed by atoms with Crippen molar-refractivity contribution in [2.75, 3.05) is 0 Å². The molecular formula is C29H23N7O. The van der Waals surface area contributed by atoms with Crippen molar-refractivity contribution < 1.29 is 5.11 Å². The Morgan fingerprint density at radius 1 is 0.865 bits per heavy atom. The number of hydrogen-bond donors (Lipinski definition) is 2. The van der Waals surface area contributed by atoms with Crippen LogP contribution in [0.25, 0.3) is 50.6 Å². The minimum Gasteiger partial charge on any atom is -0.393 e. The van der Waals surface area contributed by atoms with Crippen LogP contribution in [0.15, 0.2) is 91.4 Å². The molecule has 0 bridgehead atoms. The van der Waals surface area contributed by atoms with Gasteiger partial charge < -0.3 is 10.8 Å². The monoisotopic (exact) mass is 485 g/mol. The third kappa shape index (κ3) is 3.57.